The number of urea groups is 1. The predicted molar refractivity (Wildman–Crippen MR) is 140 cm³/mol. The molecular weight excluding hydrogens is 474 g/mol. The number of anilines is 2. The minimum Gasteiger partial charge on any atom is -0.351 e. The Kier molecular flexibility index (Phi) is 6.28. The second-order valence-corrected chi connectivity index (χ2v) is 11.6. The molecule has 4 amide bonds. The maximum Gasteiger partial charge on any atom is 0.327 e. The zero-order valence-corrected chi connectivity index (χ0v) is 21.6. The van der Waals surface area contributed by atoms with Gasteiger partial charge in [-0.15, -0.1) is 0 Å². The molecule has 0 bridgehead atoms. The highest BCUT2D eigenvalue weighted by Crippen LogP contribution is 2.50. The van der Waals surface area contributed by atoms with Gasteiger partial charge in [0.2, 0.25) is 11.8 Å². The zero-order chi connectivity index (χ0) is 25.6. The van der Waals surface area contributed by atoms with E-state index < -0.39 is 11.3 Å². The average Bonchev–Trinajstić information content (AvgIpc) is 3.23. The monoisotopic (exact) mass is 505 g/mol. The summed E-state index contributed by atoms with van der Waals surface area (Å²) in [5.74, 6) is -0.282. The number of pyridine rings is 1. The van der Waals surface area contributed by atoms with Gasteiger partial charge < -0.3 is 15.5 Å². The van der Waals surface area contributed by atoms with Gasteiger partial charge in [0, 0.05) is 30.9 Å². The molecular formula is C27H31N5O3S. The van der Waals surface area contributed by atoms with Crippen molar-refractivity contribution in [2.75, 3.05) is 18.0 Å². The zero-order valence-electron chi connectivity index (χ0n) is 20.8. The van der Waals surface area contributed by atoms with E-state index in [0.29, 0.717) is 13.1 Å². The van der Waals surface area contributed by atoms with Crippen molar-refractivity contribution in [1.29, 1.82) is 0 Å². The number of amides is 4. The van der Waals surface area contributed by atoms with E-state index in [1.165, 1.54) is 17.8 Å². The molecule has 8 nitrogen and oxygen atoms in total. The number of benzene rings is 1. The Morgan fingerprint density at radius 3 is 2.83 bits per heavy atom. The summed E-state index contributed by atoms with van der Waals surface area (Å²) < 4.78 is 0. The number of thioether (sulfide) groups is 1. The Labute approximate surface area is 215 Å². The van der Waals surface area contributed by atoms with Crippen LogP contribution in [0.5, 0.6) is 0 Å². The van der Waals surface area contributed by atoms with Crippen molar-refractivity contribution in [3.8, 4) is 0 Å². The lowest BCUT2D eigenvalue weighted by atomic mass is 9.86. The SMILES string of the molecule is C=CC(=O)N1CCCC(NC(=O)[C@@H]2Sc3nccc4c3C2NC(=O)N4c2cccc(C(C)(C)C)c2)C1. The summed E-state index contributed by atoms with van der Waals surface area (Å²) in [7, 11) is 0. The number of aromatic nitrogens is 1. The highest BCUT2D eigenvalue weighted by Gasteiger charge is 2.47. The van der Waals surface area contributed by atoms with E-state index in [2.05, 4.69) is 49.0 Å². The quantitative estimate of drug-likeness (QED) is 0.612. The van der Waals surface area contributed by atoms with E-state index in [4.69, 9.17) is 0 Å². The van der Waals surface area contributed by atoms with Crippen molar-refractivity contribution in [3.63, 3.8) is 0 Å². The molecule has 1 fully saturated rings. The summed E-state index contributed by atoms with van der Waals surface area (Å²) in [4.78, 5) is 46.8. The van der Waals surface area contributed by atoms with Gasteiger partial charge in [-0.05, 0) is 48.1 Å². The molecule has 0 saturated carbocycles. The lowest BCUT2D eigenvalue weighted by Gasteiger charge is -2.36. The number of hydrogen-bond donors (Lipinski definition) is 2. The fourth-order valence-corrected chi connectivity index (χ4v) is 6.34. The maximum absolute atomic E-state index is 13.4. The van der Waals surface area contributed by atoms with E-state index in [9.17, 15) is 14.4 Å². The van der Waals surface area contributed by atoms with Gasteiger partial charge in [-0.2, -0.15) is 0 Å². The molecule has 3 atom stereocenters. The van der Waals surface area contributed by atoms with Crippen molar-refractivity contribution in [2.45, 2.75) is 61.4 Å². The lowest BCUT2D eigenvalue weighted by Crippen LogP contribution is -2.53. The summed E-state index contributed by atoms with van der Waals surface area (Å²) in [5, 5.41) is 6.40. The van der Waals surface area contributed by atoms with Crippen LogP contribution < -0.4 is 15.5 Å². The van der Waals surface area contributed by atoms with Crippen molar-refractivity contribution < 1.29 is 14.4 Å². The normalized spacial score (nSPS) is 23.1. The molecule has 0 aliphatic carbocycles. The summed E-state index contributed by atoms with van der Waals surface area (Å²) in [5.41, 5.74) is 3.47. The van der Waals surface area contributed by atoms with Crippen LogP contribution in [-0.2, 0) is 15.0 Å². The average molecular weight is 506 g/mol. The minimum absolute atomic E-state index is 0.0605. The molecule has 1 saturated heterocycles. The summed E-state index contributed by atoms with van der Waals surface area (Å²) >= 11 is 1.38. The number of likely N-dealkylation sites (tertiary alicyclic amines) is 1. The van der Waals surface area contributed by atoms with E-state index in [1.807, 2.05) is 24.3 Å². The van der Waals surface area contributed by atoms with Gasteiger partial charge in [0.05, 0.1) is 17.4 Å². The molecule has 36 heavy (non-hydrogen) atoms. The minimum atomic E-state index is -0.536. The van der Waals surface area contributed by atoms with Crippen LogP contribution in [-0.4, -0.2) is 52.1 Å². The van der Waals surface area contributed by atoms with Crippen molar-refractivity contribution >= 4 is 41.0 Å². The fourth-order valence-electron chi connectivity index (χ4n) is 5.10. The molecule has 1 aromatic carbocycles. The smallest absolute Gasteiger partial charge is 0.327 e. The van der Waals surface area contributed by atoms with E-state index in [0.717, 1.165) is 40.4 Å². The molecule has 3 aliphatic heterocycles. The number of rotatable bonds is 4. The maximum atomic E-state index is 13.4. The van der Waals surface area contributed by atoms with Crippen LogP contribution in [0.4, 0.5) is 16.2 Å². The van der Waals surface area contributed by atoms with Crippen LogP contribution >= 0.6 is 11.8 Å². The first-order chi connectivity index (χ1) is 17.2. The summed E-state index contributed by atoms with van der Waals surface area (Å²) in [6, 6.07) is 8.96. The van der Waals surface area contributed by atoms with Crippen LogP contribution in [0.3, 0.4) is 0 Å². The number of nitrogens with one attached hydrogen (secondary N) is 2. The first kappa shape index (κ1) is 24.4. The molecule has 1 aromatic heterocycles. The van der Waals surface area contributed by atoms with Crippen LogP contribution in [0.15, 0.2) is 54.2 Å². The molecule has 9 heteroatoms. The molecule has 4 heterocycles. The Bertz CT molecular complexity index is 1240. The van der Waals surface area contributed by atoms with Crippen LogP contribution in [0, 0.1) is 0 Å². The lowest BCUT2D eigenvalue weighted by molar-refractivity contribution is -0.129. The molecule has 5 rings (SSSR count). The molecule has 0 spiro atoms. The van der Waals surface area contributed by atoms with Gasteiger partial charge in [-0.1, -0.05) is 51.2 Å². The van der Waals surface area contributed by atoms with Crippen LogP contribution in [0.1, 0.15) is 50.8 Å². The van der Waals surface area contributed by atoms with Gasteiger partial charge in [0.25, 0.3) is 0 Å². The van der Waals surface area contributed by atoms with Crippen LogP contribution in [0.25, 0.3) is 0 Å². The molecule has 3 aliphatic rings. The van der Waals surface area contributed by atoms with Gasteiger partial charge in [0.15, 0.2) is 0 Å². The Morgan fingerprint density at radius 2 is 2.08 bits per heavy atom. The molecule has 188 valence electrons. The standard InChI is InChI=1S/C27H31N5O3S/c1-5-20(33)31-13-7-9-17(15-31)29-24(34)23-22-21-19(11-12-28-25(21)36-23)32(26(35)30-22)18-10-6-8-16(14-18)27(2,3)4/h5-6,8,10-12,14,17,22-23H,1,7,9,13,15H2,2-4H3,(H,29,34)(H,30,35)/t17?,22?,23-/m1/s1. The number of piperidine rings is 1. The van der Waals surface area contributed by atoms with Crippen LogP contribution in [0.2, 0.25) is 0 Å². The Balaban J connectivity index is 1.40. The molecule has 2 unspecified atom stereocenters. The Morgan fingerprint density at radius 1 is 1.28 bits per heavy atom. The topological polar surface area (TPSA) is 94.6 Å². The third kappa shape index (κ3) is 4.36. The van der Waals surface area contributed by atoms with Crippen molar-refractivity contribution in [2.24, 2.45) is 0 Å². The largest absolute Gasteiger partial charge is 0.351 e. The van der Waals surface area contributed by atoms with Gasteiger partial charge in [0.1, 0.15) is 10.3 Å². The number of carbonyl (C=O) groups is 3. The highest BCUT2D eigenvalue weighted by molar-refractivity contribution is 8.01. The molecule has 2 N–H and O–H groups in total. The number of hydrogen-bond acceptors (Lipinski definition) is 5. The summed E-state index contributed by atoms with van der Waals surface area (Å²) in [6.45, 7) is 11.1. The summed E-state index contributed by atoms with van der Waals surface area (Å²) in [6.07, 6.45) is 4.62. The van der Waals surface area contributed by atoms with E-state index in [1.54, 1.807) is 16.0 Å². The Hall–Kier alpha value is -3.33. The first-order valence-corrected chi connectivity index (χ1v) is 13.1. The second kappa shape index (κ2) is 9.28. The number of nitrogens with zero attached hydrogens (tertiary/aromatic N) is 3. The third-order valence-electron chi connectivity index (χ3n) is 6.99. The van der Waals surface area contributed by atoms with E-state index in [-0.39, 0.29) is 29.3 Å². The molecule has 0 radical (unpaired) electrons. The van der Waals surface area contributed by atoms with E-state index >= 15 is 0 Å². The predicted octanol–water partition coefficient (Wildman–Crippen LogP) is 4.05. The second-order valence-electron chi connectivity index (χ2n) is 10.5. The number of carbonyl (C=O) groups excluding carboxylic acids is 3. The fraction of sp³-hybridized carbons (Fsp3) is 0.407. The first-order valence-electron chi connectivity index (χ1n) is 12.3. The molecule has 2 aromatic rings. The van der Waals surface area contributed by atoms with Gasteiger partial charge in [-0.25, -0.2) is 9.78 Å². The van der Waals surface area contributed by atoms with Crippen molar-refractivity contribution in [1.82, 2.24) is 20.5 Å². The van der Waals surface area contributed by atoms with Gasteiger partial charge in [-0.3, -0.25) is 14.5 Å². The third-order valence-corrected chi connectivity index (χ3v) is 8.28. The van der Waals surface area contributed by atoms with Gasteiger partial charge >= 0.3 is 6.03 Å². The highest BCUT2D eigenvalue weighted by atomic mass is 32.2. The van der Waals surface area contributed by atoms with Crippen molar-refractivity contribution in [3.05, 3.63) is 60.3 Å².